The lowest BCUT2D eigenvalue weighted by Gasteiger charge is -2.24. The van der Waals surface area contributed by atoms with Gasteiger partial charge in [-0.1, -0.05) is 0 Å². The fraction of sp³-hybridized carbons (Fsp3) is 0.846. The maximum Gasteiger partial charge on any atom is 0.141 e. The fourth-order valence-electron chi connectivity index (χ4n) is 2.78. The third-order valence-electron chi connectivity index (χ3n) is 3.72. The predicted octanol–water partition coefficient (Wildman–Crippen LogP) is 1.56. The van der Waals surface area contributed by atoms with E-state index < -0.39 is 0 Å². The van der Waals surface area contributed by atoms with Crippen LogP contribution in [0.1, 0.15) is 51.4 Å². The van der Waals surface area contributed by atoms with Crippen LogP contribution in [0.3, 0.4) is 0 Å². The molecular formula is C13H25N5. The molecule has 1 aliphatic rings. The summed E-state index contributed by atoms with van der Waals surface area (Å²) in [4.78, 5) is 6.94. The molecule has 5 heteroatoms. The normalized spacial score (nSPS) is 21.0. The molecule has 1 aliphatic heterocycles. The minimum Gasteiger partial charge on any atom is -0.330 e. The van der Waals surface area contributed by atoms with Crippen LogP contribution >= 0.6 is 0 Å². The quantitative estimate of drug-likeness (QED) is 0.833. The number of rotatable bonds is 6. The van der Waals surface area contributed by atoms with Crippen LogP contribution < -0.4 is 5.73 Å². The third kappa shape index (κ3) is 3.09. The van der Waals surface area contributed by atoms with Crippen molar-refractivity contribution in [3.8, 4) is 0 Å². The SMILES string of the molecule is CC(C)n1ncnc1CN1CCCC1CCCN. The third-order valence-corrected chi connectivity index (χ3v) is 3.72. The van der Waals surface area contributed by atoms with Crippen LogP contribution in [0.15, 0.2) is 6.33 Å². The molecule has 0 amide bonds. The van der Waals surface area contributed by atoms with E-state index in [-0.39, 0.29) is 0 Å². The Morgan fingerprint density at radius 1 is 1.50 bits per heavy atom. The van der Waals surface area contributed by atoms with Gasteiger partial charge in [0.1, 0.15) is 12.2 Å². The summed E-state index contributed by atoms with van der Waals surface area (Å²) < 4.78 is 2.03. The Hall–Kier alpha value is -0.940. The van der Waals surface area contributed by atoms with Gasteiger partial charge in [0.15, 0.2) is 0 Å². The predicted molar refractivity (Wildman–Crippen MR) is 72.1 cm³/mol. The molecule has 0 radical (unpaired) electrons. The van der Waals surface area contributed by atoms with Crippen LogP contribution in [0, 0.1) is 0 Å². The zero-order valence-corrected chi connectivity index (χ0v) is 11.5. The number of aromatic nitrogens is 3. The van der Waals surface area contributed by atoms with E-state index in [1.807, 2.05) is 4.68 Å². The zero-order chi connectivity index (χ0) is 13.0. The van der Waals surface area contributed by atoms with Crippen molar-refractivity contribution in [2.75, 3.05) is 13.1 Å². The molecule has 1 saturated heterocycles. The number of hydrogen-bond donors (Lipinski definition) is 1. The molecule has 2 heterocycles. The highest BCUT2D eigenvalue weighted by molar-refractivity contribution is 4.90. The van der Waals surface area contributed by atoms with Gasteiger partial charge in [0.25, 0.3) is 0 Å². The Balaban J connectivity index is 1.97. The lowest BCUT2D eigenvalue weighted by Crippen LogP contribution is -2.31. The van der Waals surface area contributed by atoms with Crippen molar-refractivity contribution in [1.82, 2.24) is 19.7 Å². The molecule has 5 nitrogen and oxygen atoms in total. The van der Waals surface area contributed by atoms with Crippen molar-refractivity contribution in [2.24, 2.45) is 5.73 Å². The van der Waals surface area contributed by atoms with E-state index in [2.05, 4.69) is 28.8 Å². The first-order chi connectivity index (χ1) is 8.72. The molecule has 0 aromatic carbocycles. The molecule has 1 unspecified atom stereocenters. The summed E-state index contributed by atoms with van der Waals surface area (Å²) in [6.45, 7) is 7.20. The summed E-state index contributed by atoms with van der Waals surface area (Å²) in [5.41, 5.74) is 5.61. The van der Waals surface area contributed by atoms with E-state index >= 15 is 0 Å². The first kappa shape index (κ1) is 13.5. The van der Waals surface area contributed by atoms with Crippen LogP contribution in [0.5, 0.6) is 0 Å². The smallest absolute Gasteiger partial charge is 0.141 e. The first-order valence-electron chi connectivity index (χ1n) is 7.05. The van der Waals surface area contributed by atoms with Gasteiger partial charge >= 0.3 is 0 Å². The van der Waals surface area contributed by atoms with E-state index in [0.717, 1.165) is 25.3 Å². The van der Waals surface area contributed by atoms with Gasteiger partial charge in [-0.3, -0.25) is 4.90 Å². The highest BCUT2D eigenvalue weighted by Gasteiger charge is 2.25. The van der Waals surface area contributed by atoms with Crippen LogP contribution in [0.4, 0.5) is 0 Å². The molecule has 1 atom stereocenters. The second-order valence-electron chi connectivity index (χ2n) is 5.41. The van der Waals surface area contributed by atoms with Crippen LogP contribution in [0.2, 0.25) is 0 Å². The molecule has 102 valence electrons. The van der Waals surface area contributed by atoms with Crippen molar-refractivity contribution in [1.29, 1.82) is 0 Å². The molecule has 2 N–H and O–H groups in total. The maximum absolute atomic E-state index is 5.61. The molecule has 0 aliphatic carbocycles. The highest BCUT2D eigenvalue weighted by Crippen LogP contribution is 2.23. The average Bonchev–Trinajstić information content (AvgIpc) is 2.96. The number of nitrogens with zero attached hydrogens (tertiary/aromatic N) is 4. The van der Waals surface area contributed by atoms with Crippen molar-refractivity contribution in [3.05, 3.63) is 12.2 Å². The van der Waals surface area contributed by atoms with Crippen molar-refractivity contribution < 1.29 is 0 Å². The molecule has 0 bridgehead atoms. The maximum atomic E-state index is 5.61. The van der Waals surface area contributed by atoms with E-state index in [9.17, 15) is 0 Å². The number of likely N-dealkylation sites (tertiary alicyclic amines) is 1. The fourth-order valence-corrected chi connectivity index (χ4v) is 2.78. The lowest BCUT2D eigenvalue weighted by molar-refractivity contribution is 0.221. The summed E-state index contributed by atoms with van der Waals surface area (Å²) in [5, 5.41) is 4.30. The summed E-state index contributed by atoms with van der Waals surface area (Å²) in [5.74, 6) is 1.09. The van der Waals surface area contributed by atoms with Crippen LogP contribution in [0.25, 0.3) is 0 Å². The molecule has 1 aromatic rings. The van der Waals surface area contributed by atoms with Gasteiger partial charge in [0, 0.05) is 12.1 Å². The Labute approximate surface area is 109 Å². The lowest BCUT2D eigenvalue weighted by atomic mass is 10.1. The standard InChI is InChI=1S/C13H25N5/c1-11(2)18-13(15-10-16-18)9-17-8-4-6-12(17)5-3-7-14/h10-12H,3-9,14H2,1-2H3. The Kier molecular flexibility index (Phi) is 4.72. The average molecular weight is 251 g/mol. The van der Waals surface area contributed by atoms with Crippen molar-refractivity contribution in [2.45, 2.75) is 58.2 Å². The van der Waals surface area contributed by atoms with E-state index in [1.165, 1.54) is 25.8 Å². The molecule has 1 aromatic heterocycles. The topological polar surface area (TPSA) is 60.0 Å². The molecule has 2 rings (SSSR count). The number of hydrogen-bond acceptors (Lipinski definition) is 4. The van der Waals surface area contributed by atoms with Gasteiger partial charge in [-0.05, 0) is 52.6 Å². The van der Waals surface area contributed by atoms with E-state index in [1.54, 1.807) is 6.33 Å². The van der Waals surface area contributed by atoms with Gasteiger partial charge in [-0.15, -0.1) is 0 Å². The molecular weight excluding hydrogens is 226 g/mol. The molecule has 1 fully saturated rings. The van der Waals surface area contributed by atoms with Gasteiger partial charge in [0.2, 0.25) is 0 Å². The Morgan fingerprint density at radius 3 is 3.06 bits per heavy atom. The summed E-state index contributed by atoms with van der Waals surface area (Å²) in [7, 11) is 0. The van der Waals surface area contributed by atoms with Crippen LogP contribution in [-0.4, -0.2) is 38.8 Å². The summed E-state index contributed by atoms with van der Waals surface area (Å²) >= 11 is 0. The zero-order valence-electron chi connectivity index (χ0n) is 11.5. The Morgan fingerprint density at radius 2 is 2.33 bits per heavy atom. The Bertz CT molecular complexity index is 360. The van der Waals surface area contributed by atoms with Gasteiger partial charge in [-0.2, -0.15) is 5.10 Å². The van der Waals surface area contributed by atoms with Crippen LogP contribution in [-0.2, 0) is 6.54 Å². The largest absolute Gasteiger partial charge is 0.330 e. The molecule has 18 heavy (non-hydrogen) atoms. The van der Waals surface area contributed by atoms with E-state index in [0.29, 0.717) is 12.1 Å². The van der Waals surface area contributed by atoms with Crippen molar-refractivity contribution in [3.63, 3.8) is 0 Å². The second kappa shape index (κ2) is 6.29. The highest BCUT2D eigenvalue weighted by atomic mass is 15.4. The van der Waals surface area contributed by atoms with Gasteiger partial charge in [0.05, 0.1) is 6.54 Å². The van der Waals surface area contributed by atoms with Crippen molar-refractivity contribution >= 4 is 0 Å². The van der Waals surface area contributed by atoms with E-state index in [4.69, 9.17) is 5.73 Å². The minimum atomic E-state index is 0.382. The minimum absolute atomic E-state index is 0.382. The summed E-state index contributed by atoms with van der Waals surface area (Å²) in [6, 6.07) is 1.07. The first-order valence-corrected chi connectivity index (χ1v) is 7.05. The molecule has 0 saturated carbocycles. The second-order valence-corrected chi connectivity index (χ2v) is 5.41. The van der Waals surface area contributed by atoms with Gasteiger partial charge < -0.3 is 5.73 Å². The monoisotopic (exact) mass is 251 g/mol. The van der Waals surface area contributed by atoms with Gasteiger partial charge in [-0.25, -0.2) is 9.67 Å². The molecule has 0 spiro atoms. The summed E-state index contributed by atoms with van der Waals surface area (Å²) in [6.07, 6.45) is 6.60. The number of nitrogens with two attached hydrogens (primary N) is 1.